The van der Waals surface area contributed by atoms with E-state index in [1.54, 1.807) is 0 Å². The highest BCUT2D eigenvalue weighted by molar-refractivity contribution is 5.77. The van der Waals surface area contributed by atoms with Crippen LogP contribution in [0.15, 0.2) is 4.99 Å². The monoisotopic (exact) mass is 572 g/mol. The van der Waals surface area contributed by atoms with Gasteiger partial charge in [-0.1, -0.05) is 143 Å². The molecule has 0 heterocycles. The first kappa shape index (κ1) is 42.7. The van der Waals surface area contributed by atoms with Crippen LogP contribution in [0.5, 0.6) is 0 Å². The van der Waals surface area contributed by atoms with E-state index in [1.807, 2.05) is 0 Å². The topological polar surface area (TPSA) is 125 Å². The lowest BCUT2D eigenvalue weighted by Gasteiger charge is -2.03. The molecule has 0 radical (unpaired) electrons. The zero-order chi connectivity index (χ0) is 30.5. The molecule has 0 aliphatic heterocycles. The molecule has 0 aromatic rings. The van der Waals surface area contributed by atoms with Crippen molar-refractivity contribution in [3.63, 3.8) is 0 Å². The largest absolute Gasteiger partial charge is 0.481 e. The van der Waals surface area contributed by atoms with Crippen molar-refractivity contribution in [2.75, 3.05) is 13.1 Å². The van der Waals surface area contributed by atoms with Gasteiger partial charge >= 0.3 is 11.9 Å². The maximum absolute atomic E-state index is 10.2. The summed E-state index contributed by atoms with van der Waals surface area (Å²) in [7, 11) is 0. The molecule has 7 heteroatoms. The number of rotatable bonds is 26. The lowest BCUT2D eigenvalue weighted by molar-refractivity contribution is -0.138. The molecule has 0 unspecified atom stereocenters. The summed E-state index contributed by atoms with van der Waals surface area (Å²) in [6.45, 7) is 10.6. The van der Waals surface area contributed by atoms with Crippen LogP contribution >= 0.6 is 0 Å². The van der Waals surface area contributed by atoms with Gasteiger partial charge in [0.1, 0.15) is 0 Å². The van der Waals surface area contributed by atoms with Gasteiger partial charge < -0.3 is 21.3 Å². The normalized spacial score (nSPS) is 10.8. The first-order valence-corrected chi connectivity index (χ1v) is 16.8. The molecule has 40 heavy (non-hydrogen) atoms. The third-order valence-electron chi connectivity index (χ3n) is 6.62. The van der Waals surface area contributed by atoms with Crippen molar-refractivity contribution < 1.29 is 19.8 Å². The summed E-state index contributed by atoms with van der Waals surface area (Å²) in [5.74, 6) is -0.724. The zero-order valence-electron chi connectivity index (χ0n) is 27.1. The summed E-state index contributed by atoms with van der Waals surface area (Å²) < 4.78 is 0. The van der Waals surface area contributed by atoms with E-state index in [0.717, 1.165) is 51.6 Å². The second-order valence-electron chi connectivity index (χ2n) is 10.8. The van der Waals surface area contributed by atoms with Crippen LogP contribution in [0.3, 0.4) is 0 Å². The lowest BCUT2D eigenvalue weighted by atomic mass is 10.1. The number of carboxylic acid groups (broad SMARTS) is 2. The molecule has 240 valence electrons. The summed E-state index contributed by atoms with van der Waals surface area (Å²) in [4.78, 5) is 24.6. The van der Waals surface area contributed by atoms with Crippen LogP contribution < -0.4 is 11.1 Å². The van der Waals surface area contributed by atoms with Gasteiger partial charge in [-0.15, -0.1) is 0 Å². The van der Waals surface area contributed by atoms with Gasteiger partial charge in [0.25, 0.3) is 0 Å². The van der Waals surface area contributed by atoms with Crippen LogP contribution in [0.4, 0.5) is 0 Å². The van der Waals surface area contributed by atoms with E-state index in [4.69, 9.17) is 15.9 Å². The van der Waals surface area contributed by atoms with Crippen LogP contribution in [0.2, 0.25) is 0 Å². The van der Waals surface area contributed by atoms with Gasteiger partial charge in [0.15, 0.2) is 5.96 Å². The molecule has 0 aliphatic carbocycles. The van der Waals surface area contributed by atoms with Gasteiger partial charge in [-0.2, -0.15) is 0 Å². The molecule has 7 nitrogen and oxygen atoms in total. The highest BCUT2D eigenvalue weighted by atomic mass is 16.4. The molecule has 0 rings (SSSR count). The Hall–Kier alpha value is -1.79. The molecule has 0 fully saturated rings. The number of nitrogens with one attached hydrogen (secondary N) is 1. The van der Waals surface area contributed by atoms with E-state index in [-0.39, 0.29) is 0 Å². The number of hydrogen-bond acceptors (Lipinski definition) is 3. The molecular weight excluding hydrogens is 502 g/mol. The molecule has 5 N–H and O–H groups in total. The average Bonchev–Trinajstić information content (AvgIpc) is 2.92. The molecule has 0 atom stereocenters. The number of aliphatic carboxylic acids is 2. The number of carboxylic acids is 2. The quantitative estimate of drug-likeness (QED) is 0.0465. The van der Waals surface area contributed by atoms with Crippen LogP contribution in [0.1, 0.15) is 182 Å². The fraction of sp³-hybridized carbons (Fsp3) is 0.909. The number of guanidine groups is 1. The first-order valence-electron chi connectivity index (χ1n) is 16.8. The summed E-state index contributed by atoms with van der Waals surface area (Å²) in [5, 5.41) is 19.9. The number of nitrogens with zero attached hydrogens (tertiary/aromatic N) is 1. The minimum absolute atomic E-state index is 0.343. The molecule has 0 spiro atoms. The Balaban J connectivity index is -0.000000515. The van der Waals surface area contributed by atoms with Crippen molar-refractivity contribution in [2.24, 2.45) is 10.7 Å². The number of unbranched alkanes of at least 4 members (excludes halogenated alkanes) is 18. The van der Waals surface area contributed by atoms with Gasteiger partial charge in [0.05, 0.1) is 0 Å². The number of aliphatic imine (C=N–C) groups is 1. The minimum Gasteiger partial charge on any atom is -0.481 e. The predicted molar refractivity (Wildman–Crippen MR) is 173 cm³/mol. The summed E-state index contributed by atoms with van der Waals surface area (Å²) in [6.07, 6.45) is 27.6. The molecule has 0 bridgehead atoms. The van der Waals surface area contributed by atoms with E-state index < -0.39 is 11.9 Å². The molecule has 0 saturated heterocycles. The van der Waals surface area contributed by atoms with Crippen molar-refractivity contribution in [3.05, 3.63) is 0 Å². The maximum Gasteiger partial charge on any atom is 0.303 e. The number of nitrogens with two attached hydrogens (primary N) is 1. The van der Waals surface area contributed by atoms with Crippen LogP contribution in [-0.4, -0.2) is 41.2 Å². The van der Waals surface area contributed by atoms with Crippen molar-refractivity contribution >= 4 is 17.9 Å². The Morgan fingerprint density at radius 3 is 1.18 bits per heavy atom. The van der Waals surface area contributed by atoms with Crippen molar-refractivity contribution in [2.45, 2.75) is 182 Å². The van der Waals surface area contributed by atoms with Crippen LogP contribution in [-0.2, 0) is 9.59 Å². The van der Waals surface area contributed by atoms with Gasteiger partial charge in [0, 0.05) is 25.9 Å². The maximum atomic E-state index is 10.2. The van der Waals surface area contributed by atoms with E-state index >= 15 is 0 Å². The minimum atomic E-state index is -0.659. The fourth-order valence-electron chi connectivity index (χ4n) is 3.98. The summed E-state index contributed by atoms with van der Waals surface area (Å²) in [6, 6.07) is 0. The lowest BCUT2D eigenvalue weighted by Crippen LogP contribution is -2.32. The highest BCUT2D eigenvalue weighted by Crippen LogP contribution is 2.11. The standard InChI is InChI=1S/2C12H24O2.C9H21N3/c2*1-2-3-4-5-6-7-8-9-10-11-12(13)14;1-3-5-7-11-9(10)12-8-6-4-2/h2*2-11H2,1H3,(H,13,14);3-8H2,1-2H3,(H3,10,11,12). The van der Waals surface area contributed by atoms with E-state index in [1.165, 1.54) is 103 Å². The Kier molecular flexibility index (Phi) is 42.0. The van der Waals surface area contributed by atoms with Crippen molar-refractivity contribution in [3.8, 4) is 0 Å². The smallest absolute Gasteiger partial charge is 0.303 e. The number of hydrogen-bond donors (Lipinski definition) is 4. The van der Waals surface area contributed by atoms with Crippen LogP contribution in [0, 0.1) is 0 Å². The Bertz CT molecular complexity index is 510. The highest BCUT2D eigenvalue weighted by Gasteiger charge is 1.97. The van der Waals surface area contributed by atoms with E-state index in [0.29, 0.717) is 18.8 Å². The van der Waals surface area contributed by atoms with E-state index in [9.17, 15) is 9.59 Å². The van der Waals surface area contributed by atoms with Crippen LogP contribution in [0.25, 0.3) is 0 Å². The van der Waals surface area contributed by atoms with Gasteiger partial charge in [-0.3, -0.25) is 14.6 Å². The fourth-order valence-corrected chi connectivity index (χ4v) is 3.98. The molecule has 0 amide bonds. The third kappa shape index (κ3) is 49.2. The Morgan fingerprint density at radius 2 is 0.850 bits per heavy atom. The zero-order valence-corrected chi connectivity index (χ0v) is 27.1. The average molecular weight is 572 g/mol. The second-order valence-corrected chi connectivity index (χ2v) is 10.8. The van der Waals surface area contributed by atoms with E-state index in [2.05, 4.69) is 38.0 Å². The van der Waals surface area contributed by atoms with Crippen molar-refractivity contribution in [1.29, 1.82) is 0 Å². The summed E-state index contributed by atoms with van der Waals surface area (Å²) in [5.41, 5.74) is 5.59. The Labute approximate surface area is 248 Å². The molecule has 0 aromatic heterocycles. The molecular formula is C33H69N3O4. The SMILES string of the molecule is CCCCCCCCCCCC(=O)O.CCCCCCCCCCCC(=O)O.CCCCN=C(N)NCCCC. The predicted octanol–water partition coefficient (Wildman–Crippen LogP) is 9.47. The Morgan fingerprint density at radius 1 is 0.525 bits per heavy atom. The van der Waals surface area contributed by atoms with Crippen molar-refractivity contribution in [1.82, 2.24) is 5.32 Å². The first-order chi connectivity index (χ1) is 19.3. The molecule has 0 aliphatic rings. The second kappa shape index (κ2) is 39.4. The van der Waals surface area contributed by atoms with Gasteiger partial charge in [-0.25, -0.2) is 0 Å². The summed E-state index contributed by atoms with van der Waals surface area (Å²) >= 11 is 0. The molecule has 0 saturated carbocycles. The number of carbonyl (C=O) groups is 2. The van der Waals surface area contributed by atoms with Gasteiger partial charge in [0.2, 0.25) is 0 Å². The molecule has 0 aromatic carbocycles. The van der Waals surface area contributed by atoms with Gasteiger partial charge in [-0.05, 0) is 25.7 Å². The third-order valence-corrected chi connectivity index (χ3v) is 6.62.